The zero-order valence-electron chi connectivity index (χ0n) is 14.1. The molecule has 1 rings (SSSR count). The van der Waals surface area contributed by atoms with Crippen LogP contribution in [0.4, 0.5) is 0 Å². The van der Waals surface area contributed by atoms with Crippen LogP contribution in [0.25, 0.3) is 0 Å². The molecule has 22 heavy (non-hydrogen) atoms. The van der Waals surface area contributed by atoms with Crippen molar-refractivity contribution in [1.29, 1.82) is 0 Å². The molecule has 1 saturated heterocycles. The van der Waals surface area contributed by atoms with E-state index >= 15 is 0 Å². The first-order valence-corrected chi connectivity index (χ1v) is 7.99. The second kappa shape index (κ2) is 14.5. The van der Waals surface area contributed by atoms with Crippen molar-refractivity contribution in [1.82, 2.24) is 10.6 Å². The first-order chi connectivity index (χ1) is 10.3. The van der Waals surface area contributed by atoms with Crippen LogP contribution in [-0.4, -0.2) is 64.7 Å². The van der Waals surface area contributed by atoms with E-state index in [1.807, 2.05) is 0 Å². The maximum Gasteiger partial charge on any atom is 0.191 e. The van der Waals surface area contributed by atoms with Gasteiger partial charge in [-0.25, -0.2) is 0 Å². The fourth-order valence-electron chi connectivity index (χ4n) is 2.19. The van der Waals surface area contributed by atoms with E-state index in [-0.39, 0.29) is 30.0 Å². The van der Waals surface area contributed by atoms with Gasteiger partial charge in [-0.15, -0.1) is 24.0 Å². The molecule has 1 aliphatic heterocycles. The zero-order valence-corrected chi connectivity index (χ0v) is 16.4. The van der Waals surface area contributed by atoms with Gasteiger partial charge in [0.1, 0.15) is 0 Å². The summed E-state index contributed by atoms with van der Waals surface area (Å²) in [6.45, 7) is 8.72. The number of guanidine groups is 1. The normalized spacial score (nSPS) is 19.6. The summed E-state index contributed by atoms with van der Waals surface area (Å²) >= 11 is 0. The highest BCUT2D eigenvalue weighted by Crippen LogP contribution is 2.11. The zero-order chi connectivity index (χ0) is 15.3. The summed E-state index contributed by atoms with van der Waals surface area (Å²) in [5.41, 5.74) is 0. The van der Waals surface area contributed by atoms with Crippen molar-refractivity contribution in [3.05, 3.63) is 0 Å². The molecule has 132 valence electrons. The Bertz CT molecular complexity index is 287. The molecule has 0 spiro atoms. The molecule has 0 saturated carbocycles. The van der Waals surface area contributed by atoms with Crippen LogP contribution < -0.4 is 10.6 Å². The molecule has 1 aliphatic rings. The fourth-order valence-corrected chi connectivity index (χ4v) is 2.19. The van der Waals surface area contributed by atoms with Crippen molar-refractivity contribution in [3.8, 4) is 0 Å². The molecule has 7 heteroatoms. The Morgan fingerprint density at radius 2 is 2.27 bits per heavy atom. The predicted molar refractivity (Wildman–Crippen MR) is 100 cm³/mol. The van der Waals surface area contributed by atoms with E-state index in [2.05, 4.69) is 29.5 Å². The average Bonchev–Trinajstić information content (AvgIpc) is 2.96. The number of halogens is 1. The van der Waals surface area contributed by atoms with E-state index in [1.54, 1.807) is 7.11 Å². The maximum atomic E-state index is 5.62. The Morgan fingerprint density at radius 1 is 1.45 bits per heavy atom. The lowest BCUT2D eigenvalue weighted by Gasteiger charge is -2.17. The molecule has 1 heterocycles. The lowest BCUT2D eigenvalue weighted by molar-refractivity contribution is 0.0171. The second-order valence-corrected chi connectivity index (χ2v) is 5.32. The van der Waals surface area contributed by atoms with Crippen LogP contribution >= 0.6 is 24.0 Å². The van der Waals surface area contributed by atoms with E-state index in [9.17, 15) is 0 Å². The molecule has 2 N–H and O–H groups in total. The summed E-state index contributed by atoms with van der Waals surface area (Å²) in [6.07, 6.45) is 3.52. The molecule has 1 fully saturated rings. The monoisotopic (exact) mass is 429 g/mol. The molecule has 2 atom stereocenters. The van der Waals surface area contributed by atoms with Crippen LogP contribution in [0.3, 0.4) is 0 Å². The van der Waals surface area contributed by atoms with Gasteiger partial charge in [0.15, 0.2) is 5.96 Å². The van der Waals surface area contributed by atoms with Crippen molar-refractivity contribution in [2.45, 2.75) is 45.3 Å². The van der Waals surface area contributed by atoms with Gasteiger partial charge in [-0.1, -0.05) is 0 Å². The molecule has 0 aromatic rings. The second-order valence-electron chi connectivity index (χ2n) is 5.32. The third-order valence-electron chi connectivity index (χ3n) is 3.19. The first kappa shape index (κ1) is 21.9. The highest BCUT2D eigenvalue weighted by Gasteiger charge is 2.14. The quantitative estimate of drug-likeness (QED) is 0.240. The van der Waals surface area contributed by atoms with E-state index in [1.165, 1.54) is 0 Å². The number of hydrogen-bond acceptors (Lipinski definition) is 4. The average molecular weight is 429 g/mol. The summed E-state index contributed by atoms with van der Waals surface area (Å²) in [5.74, 6) is 0.834. The molecular weight excluding hydrogens is 397 g/mol. The summed E-state index contributed by atoms with van der Waals surface area (Å²) < 4.78 is 16.2. The Morgan fingerprint density at radius 3 is 2.91 bits per heavy atom. The number of rotatable bonds is 10. The number of aliphatic imine (C=N–C) groups is 1. The van der Waals surface area contributed by atoms with Gasteiger partial charge in [0.05, 0.1) is 19.3 Å². The largest absolute Gasteiger partial charge is 0.383 e. The molecule has 0 bridgehead atoms. The molecule has 0 aromatic heterocycles. The van der Waals surface area contributed by atoms with Crippen molar-refractivity contribution < 1.29 is 14.2 Å². The predicted octanol–water partition coefficient (Wildman–Crippen LogP) is 1.78. The minimum absolute atomic E-state index is 0. The lowest BCUT2D eigenvalue weighted by Crippen LogP contribution is -2.44. The summed E-state index contributed by atoms with van der Waals surface area (Å²) in [5, 5.41) is 6.54. The highest BCUT2D eigenvalue weighted by atomic mass is 127. The van der Waals surface area contributed by atoms with Gasteiger partial charge in [0, 0.05) is 39.5 Å². The van der Waals surface area contributed by atoms with E-state index < -0.39 is 0 Å². The Balaban J connectivity index is 0.00000441. The standard InChI is InChI=1S/C15H31N3O3.HI/c1-4-16-15(18-13(2)11-19-3)17-8-6-9-20-12-14-7-5-10-21-14;/h13-14H,4-12H2,1-3H3,(H2,16,17,18);1H. The minimum Gasteiger partial charge on any atom is -0.383 e. The molecule has 0 amide bonds. The van der Waals surface area contributed by atoms with Crippen molar-refractivity contribution in [2.24, 2.45) is 4.99 Å². The van der Waals surface area contributed by atoms with Crippen LogP contribution in [0, 0.1) is 0 Å². The van der Waals surface area contributed by atoms with Crippen LogP contribution in [-0.2, 0) is 14.2 Å². The molecule has 0 aromatic carbocycles. The minimum atomic E-state index is 0. The van der Waals surface area contributed by atoms with Gasteiger partial charge in [-0.3, -0.25) is 4.99 Å². The SMILES string of the molecule is CCNC(=NCCCOCC1CCCO1)NC(C)COC.I. The summed E-state index contributed by atoms with van der Waals surface area (Å²) in [6, 6.07) is 0.239. The van der Waals surface area contributed by atoms with Gasteiger partial charge in [0.25, 0.3) is 0 Å². The summed E-state index contributed by atoms with van der Waals surface area (Å²) in [7, 11) is 1.70. The van der Waals surface area contributed by atoms with Crippen LogP contribution in [0.2, 0.25) is 0 Å². The van der Waals surface area contributed by atoms with Crippen LogP contribution in [0.15, 0.2) is 4.99 Å². The molecular formula is C15H32IN3O3. The topological polar surface area (TPSA) is 64.1 Å². The van der Waals surface area contributed by atoms with E-state index in [0.717, 1.165) is 51.5 Å². The van der Waals surface area contributed by atoms with Crippen molar-refractivity contribution in [2.75, 3.05) is 46.6 Å². The number of methoxy groups -OCH3 is 1. The maximum absolute atomic E-state index is 5.62. The van der Waals surface area contributed by atoms with Gasteiger partial charge < -0.3 is 24.8 Å². The van der Waals surface area contributed by atoms with Crippen LogP contribution in [0.1, 0.15) is 33.1 Å². The Labute approximate surface area is 151 Å². The van der Waals surface area contributed by atoms with Gasteiger partial charge in [-0.2, -0.15) is 0 Å². The number of hydrogen-bond donors (Lipinski definition) is 2. The molecule has 0 radical (unpaired) electrons. The van der Waals surface area contributed by atoms with Crippen molar-refractivity contribution >= 4 is 29.9 Å². The van der Waals surface area contributed by atoms with E-state index in [4.69, 9.17) is 14.2 Å². The Hall–Kier alpha value is -0.120. The Kier molecular flexibility index (Phi) is 14.4. The third kappa shape index (κ3) is 10.6. The molecule has 2 unspecified atom stereocenters. The smallest absolute Gasteiger partial charge is 0.191 e. The van der Waals surface area contributed by atoms with Gasteiger partial charge in [0.2, 0.25) is 0 Å². The van der Waals surface area contributed by atoms with E-state index in [0.29, 0.717) is 19.3 Å². The molecule has 6 nitrogen and oxygen atoms in total. The van der Waals surface area contributed by atoms with Crippen molar-refractivity contribution in [3.63, 3.8) is 0 Å². The first-order valence-electron chi connectivity index (χ1n) is 7.99. The number of nitrogens with zero attached hydrogens (tertiary/aromatic N) is 1. The van der Waals surface area contributed by atoms with Gasteiger partial charge in [-0.05, 0) is 33.1 Å². The molecule has 0 aliphatic carbocycles. The highest BCUT2D eigenvalue weighted by molar-refractivity contribution is 14.0. The van der Waals surface area contributed by atoms with Crippen LogP contribution in [0.5, 0.6) is 0 Å². The number of ether oxygens (including phenoxy) is 3. The third-order valence-corrected chi connectivity index (χ3v) is 3.19. The fraction of sp³-hybridized carbons (Fsp3) is 0.933. The van der Waals surface area contributed by atoms with Gasteiger partial charge >= 0.3 is 0 Å². The number of nitrogens with one attached hydrogen (secondary N) is 2. The lowest BCUT2D eigenvalue weighted by atomic mass is 10.2. The summed E-state index contributed by atoms with van der Waals surface area (Å²) in [4.78, 5) is 4.53.